The molecule has 1 aromatic carbocycles. The Morgan fingerprint density at radius 2 is 2.32 bits per heavy atom. The molecule has 0 spiro atoms. The van der Waals surface area contributed by atoms with Crippen molar-refractivity contribution in [3.63, 3.8) is 0 Å². The second-order valence-corrected chi connectivity index (χ2v) is 7.57. The van der Waals surface area contributed by atoms with Gasteiger partial charge < -0.3 is 10.1 Å². The Morgan fingerprint density at radius 1 is 1.52 bits per heavy atom. The van der Waals surface area contributed by atoms with Crippen LogP contribution >= 0.6 is 48.1 Å². The zero-order valence-electron chi connectivity index (χ0n) is 13.1. The Balaban J connectivity index is 2.19. The molecular formula is C16H14BrClN3O2PS. The molecule has 0 amide bonds. The molecule has 1 N–H and O–H groups in total. The van der Waals surface area contributed by atoms with Crippen molar-refractivity contribution in [1.29, 1.82) is 0 Å². The number of methoxy groups -OCH3 is 1. The molecule has 1 aliphatic heterocycles. The van der Waals surface area contributed by atoms with Crippen LogP contribution in [0.5, 0.6) is 0 Å². The summed E-state index contributed by atoms with van der Waals surface area (Å²) >= 11 is 11.4. The normalized spacial score (nSPS) is 17.1. The molecule has 0 bridgehead atoms. The number of carbonyl (C=O) groups is 1. The van der Waals surface area contributed by atoms with Crippen molar-refractivity contribution in [1.82, 2.24) is 10.3 Å². The molecule has 130 valence electrons. The first-order valence-corrected chi connectivity index (χ1v) is 10.2. The first kappa shape index (κ1) is 18.5. The highest BCUT2D eigenvalue weighted by molar-refractivity contribution is 9.09. The van der Waals surface area contributed by atoms with Gasteiger partial charge in [-0.15, -0.1) is 20.6 Å². The topological polar surface area (TPSA) is 63.6 Å². The van der Waals surface area contributed by atoms with Gasteiger partial charge in [-0.25, -0.2) is 9.78 Å². The number of thiazole rings is 1. The number of hydrogen-bond donors (Lipinski definition) is 1. The van der Waals surface area contributed by atoms with Crippen molar-refractivity contribution in [3.05, 3.63) is 56.6 Å². The summed E-state index contributed by atoms with van der Waals surface area (Å²) < 4.78 is 4.98. The lowest BCUT2D eigenvalue weighted by Crippen LogP contribution is -2.34. The fourth-order valence-corrected chi connectivity index (χ4v) is 4.04. The molecule has 5 nitrogen and oxygen atoms in total. The number of carbonyl (C=O) groups excluding carboxylic acids is 1. The van der Waals surface area contributed by atoms with Crippen molar-refractivity contribution < 1.29 is 9.53 Å². The van der Waals surface area contributed by atoms with Gasteiger partial charge in [0.25, 0.3) is 0 Å². The maximum atomic E-state index is 12.4. The molecule has 9 heteroatoms. The summed E-state index contributed by atoms with van der Waals surface area (Å²) in [5.41, 5.74) is 1.85. The van der Waals surface area contributed by atoms with Crippen LogP contribution in [0, 0.1) is 0 Å². The zero-order chi connectivity index (χ0) is 18.0. The van der Waals surface area contributed by atoms with E-state index >= 15 is 0 Å². The molecule has 2 aromatic rings. The van der Waals surface area contributed by atoms with Crippen LogP contribution in [-0.2, 0) is 9.53 Å². The molecule has 2 heterocycles. The van der Waals surface area contributed by atoms with Crippen molar-refractivity contribution in [2.24, 2.45) is 4.99 Å². The molecule has 3 rings (SSSR count). The van der Waals surface area contributed by atoms with E-state index in [1.165, 1.54) is 18.4 Å². The number of ether oxygens (including phenoxy) is 1. The summed E-state index contributed by atoms with van der Waals surface area (Å²) in [5.74, 6) is 0.159. The molecule has 0 fully saturated rings. The first-order chi connectivity index (χ1) is 12.1. The number of rotatable bonds is 4. The van der Waals surface area contributed by atoms with E-state index in [1.54, 1.807) is 6.20 Å². The SMILES string of the molecule is COC(=O)C1=C(CBr)NC(c2nccs2)=NC1c1cccc(P)c1Cl. The number of hydrogen-bond acceptors (Lipinski definition) is 6. The van der Waals surface area contributed by atoms with Gasteiger partial charge in [-0.3, -0.25) is 4.99 Å². The van der Waals surface area contributed by atoms with Crippen LogP contribution in [0.25, 0.3) is 0 Å². The number of aliphatic imine (C=N–C) groups is 1. The molecular weight excluding hydrogens is 445 g/mol. The van der Waals surface area contributed by atoms with Crippen LogP contribution in [0.15, 0.2) is 46.0 Å². The highest BCUT2D eigenvalue weighted by Crippen LogP contribution is 2.36. The third kappa shape index (κ3) is 3.65. The Morgan fingerprint density at radius 3 is 2.96 bits per heavy atom. The van der Waals surface area contributed by atoms with Gasteiger partial charge in [0.1, 0.15) is 6.04 Å². The molecule has 2 atom stereocenters. The summed E-state index contributed by atoms with van der Waals surface area (Å²) in [5, 5.41) is 7.64. The highest BCUT2D eigenvalue weighted by atomic mass is 79.9. The predicted octanol–water partition coefficient (Wildman–Crippen LogP) is 3.21. The molecule has 0 saturated carbocycles. The lowest BCUT2D eigenvalue weighted by molar-refractivity contribution is -0.136. The van der Waals surface area contributed by atoms with E-state index in [2.05, 4.69) is 35.5 Å². The summed E-state index contributed by atoms with van der Waals surface area (Å²) in [7, 11) is 3.94. The molecule has 0 saturated heterocycles. The van der Waals surface area contributed by atoms with Crippen LogP contribution in [-0.4, -0.2) is 29.2 Å². The Hall–Kier alpha value is -1.27. The number of amidine groups is 1. The Kier molecular flexibility index (Phi) is 5.89. The maximum Gasteiger partial charge on any atom is 0.338 e. The predicted molar refractivity (Wildman–Crippen MR) is 108 cm³/mol. The quantitative estimate of drug-likeness (QED) is 0.434. The highest BCUT2D eigenvalue weighted by Gasteiger charge is 2.33. The van der Waals surface area contributed by atoms with Gasteiger partial charge in [0.05, 0.1) is 17.7 Å². The van der Waals surface area contributed by atoms with Gasteiger partial charge in [0.15, 0.2) is 10.8 Å². The number of halogens is 2. The average Bonchev–Trinajstić information content (AvgIpc) is 3.17. The minimum Gasteiger partial charge on any atom is -0.466 e. The standard InChI is InChI=1S/C16H14BrClN3O2PS/c1-23-16(22)11-9(7-17)20-14(15-19-5-6-25-15)21-13(11)8-3-2-4-10(24)12(8)18/h2-6,13H,7,24H2,1H3,(H,20,21). The van der Waals surface area contributed by atoms with E-state index in [0.29, 0.717) is 27.5 Å². The number of allylic oxidation sites excluding steroid dienone is 1. The van der Waals surface area contributed by atoms with E-state index in [1.807, 2.05) is 23.6 Å². The van der Waals surface area contributed by atoms with Crippen LogP contribution in [0.2, 0.25) is 5.02 Å². The lowest BCUT2D eigenvalue weighted by Gasteiger charge is -2.26. The van der Waals surface area contributed by atoms with Crippen molar-refractivity contribution in [3.8, 4) is 0 Å². The van der Waals surface area contributed by atoms with E-state index < -0.39 is 12.0 Å². The Labute approximate surface area is 164 Å². The first-order valence-electron chi connectivity index (χ1n) is 7.22. The maximum absolute atomic E-state index is 12.4. The van der Waals surface area contributed by atoms with E-state index in [9.17, 15) is 4.79 Å². The number of esters is 1. The number of nitrogens with zero attached hydrogens (tertiary/aromatic N) is 2. The van der Waals surface area contributed by atoms with Crippen LogP contribution in [0.1, 0.15) is 16.6 Å². The summed E-state index contributed by atoms with van der Waals surface area (Å²) in [6.07, 6.45) is 1.71. The number of benzene rings is 1. The van der Waals surface area contributed by atoms with E-state index in [-0.39, 0.29) is 0 Å². The lowest BCUT2D eigenvalue weighted by atomic mass is 9.96. The van der Waals surface area contributed by atoms with Gasteiger partial charge in [0.2, 0.25) is 0 Å². The number of aromatic nitrogens is 1. The summed E-state index contributed by atoms with van der Waals surface area (Å²) in [6, 6.07) is 5.06. The summed E-state index contributed by atoms with van der Waals surface area (Å²) in [6.45, 7) is 0. The second-order valence-electron chi connectivity index (χ2n) is 5.11. The third-order valence-electron chi connectivity index (χ3n) is 3.65. The van der Waals surface area contributed by atoms with Gasteiger partial charge in [-0.2, -0.15) is 0 Å². The number of nitrogens with one attached hydrogen (secondary N) is 1. The van der Waals surface area contributed by atoms with E-state index in [4.69, 9.17) is 21.3 Å². The van der Waals surface area contributed by atoms with Gasteiger partial charge in [-0.1, -0.05) is 45.7 Å². The smallest absolute Gasteiger partial charge is 0.338 e. The zero-order valence-corrected chi connectivity index (χ0v) is 17.4. The van der Waals surface area contributed by atoms with Crippen molar-refractivity contribution in [2.75, 3.05) is 12.4 Å². The molecule has 1 aromatic heterocycles. The number of alkyl halides is 1. The van der Waals surface area contributed by atoms with Gasteiger partial charge in [-0.05, 0) is 5.30 Å². The average molecular weight is 459 g/mol. The Bertz CT molecular complexity index is 870. The fraction of sp³-hybridized carbons (Fsp3) is 0.188. The van der Waals surface area contributed by atoms with Crippen LogP contribution in [0.4, 0.5) is 0 Å². The summed E-state index contributed by atoms with van der Waals surface area (Å²) in [4.78, 5) is 21.5. The molecule has 0 radical (unpaired) electrons. The van der Waals surface area contributed by atoms with Crippen molar-refractivity contribution >= 4 is 65.2 Å². The minimum absolute atomic E-state index is 0.428. The minimum atomic E-state index is -0.576. The van der Waals surface area contributed by atoms with Crippen LogP contribution in [0.3, 0.4) is 0 Å². The third-order valence-corrected chi connectivity index (χ3v) is 6.09. The van der Waals surface area contributed by atoms with Gasteiger partial charge >= 0.3 is 5.97 Å². The molecule has 0 aliphatic carbocycles. The van der Waals surface area contributed by atoms with E-state index in [0.717, 1.165) is 15.9 Å². The monoisotopic (exact) mass is 457 g/mol. The van der Waals surface area contributed by atoms with Crippen molar-refractivity contribution in [2.45, 2.75) is 6.04 Å². The molecule has 25 heavy (non-hydrogen) atoms. The second kappa shape index (κ2) is 7.96. The largest absolute Gasteiger partial charge is 0.466 e. The molecule has 1 aliphatic rings. The molecule has 2 unspecified atom stereocenters. The fourth-order valence-electron chi connectivity index (χ4n) is 2.51. The van der Waals surface area contributed by atoms with Gasteiger partial charge in [0, 0.05) is 28.2 Å². The van der Waals surface area contributed by atoms with Crippen LogP contribution < -0.4 is 10.6 Å².